The van der Waals surface area contributed by atoms with Crippen molar-refractivity contribution in [3.63, 3.8) is 0 Å². The smallest absolute Gasteiger partial charge is 0.259 e. The Labute approximate surface area is 137 Å². The van der Waals surface area contributed by atoms with E-state index in [0.29, 0.717) is 23.6 Å². The first-order valence-corrected chi connectivity index (χ1v) is 7.88. The number of hydrogen-bond acceptors (Lipinski definition) is 2. The number of ether oxygens (including phenoxy) is 1. The molecule has 0 fully saturated rings. The summed E-state index contributed by atoms with van der Waals surface area (Å²) in [5.74, 6) is -0.213. The first-order valence-electron chi connectivity index (χ1n) is 7.09. The molecule has 116 valence electrons. The van der Waals surface area contributed by atoms with Crippen LogP contribution in [0.25, 0.3) is 0 Å². The first kappa shape index (κ1) is 16.5. The molecular weight excluding hydrogens is 349 g/mol. The highest BCUT2D eigenvalue weighted by atomic mass is 79.9. The van der Waals surface area contributed by atoms with E-state index in [0.717, 1.165) is 17.3 Å². The highest BCUT2D eigenvalue weighted by Crippen LogP contribution is 2.25. The summed E-state index contributed by atoms with van der Waals surface area (Å²) in [6, 6.07) is 11.0. The summed E-state index contributed by atoms with van der Waals surface area (Å²) in [5.41, 5.74) is 0.819. The minimum absolute atomic E-state index is 0.335. The van der Waals surface area contributed by atoms with Crippen LogP contribution in [0.5, 0.6) is 5.75 Å². The lowest BCUT2D eigenvalue weighted by Crippen LogP contribution is -2.14. The average Bonchev–Trinajstić information content (AvgIpc) is 2.49. The van der Waals surface area contributed by atoms with Crippen LogP contribution in [0.4, 0.5) is 10.1 Å². The predicted molar refractivity (Wildman–Crippen MR) is 88.9 cm³/mol. The molecule has 0 spiro atoms. The fourth-order valence-electron chi connectivity index (χ4n) is 1.90. The molecule has 22 heavy (non-hydrogen) atoms. The molecule has 1 N–H and O–H groups in total. The number of anilines is 1. The van der Waals surface area contributed by atoms with Crippen LogP contribution >= 0.6 is 15.9 Å². The number of carbonyl (C=O) groups is 1. The van der Waals surface area contributed by atoms with Crippen molar-refractivity contribution in [1.82, 2.24) is 0 Å². The zero-order valence-corrected chi connectivity index (χ0v) is 13.8. The van der Waals surface area contributed by atoms with E-state index < -0.39 is 5.82 Å². The van der Waals surface area contributed by atoms with Gasteiger partial charge in [0, 0.05) is 10.2 Å². The third-order valence-electron chi connectivity index (χ3n) is 3.02. The van der Waals surface area contributed by atoms with Crippen LogP contribution in [0.1, 0.15) is 30.1 Å². The average molecular weight is 366 g/mol. The molecule has 0 bridgehead atoms. The highest BCUT2D eigenvalue weighted by Gasteiger charge is 2.14. The van der Waals surface area contributed by atoms with Gasteiger partial charge in [-0.1, -0.05) is 35.3 Å². The van der Waals surface area contributed by atoms with Crippen LogP contribution < -0.4 is 10.1 Å². The molecule has 0 atom stereocenters. The van der Waals surface area contributed by atoms with Gasteiger partial charge < -0.3 is 10.1 Å². The highest BCUT2D eigenvalue weighted by molar-refractivity contribution is 9.10. The summed E-state index contributed by atoms with van der Waals surface area (Å²) in [4.78, 5) is 12.4. The van der Waals surface area contributed by atoms with Crippen molar-refractivity contribution in [3.8, 4) is 5.75 Å². The lowest BCUT2D eigenvalue weighted by atomic mass is 10.2. The number of unbranched alkanes of at least 4 members (excludes halogenated alkanes) is 1. The number of benzene rings is 2. The molecule has 2 aromatic carbocycles. The first-order chi connectivity index (χ1) is 10.6. The minimum Gasteiger partial charge on any atom is -0.493 e. The lowest BCUT2D eigenvalue weighted by Gasteiger charge is -2.12. The molecule has 0 aromatic heterocycles. The molecular formula is C17H17BrFNO2. The number of amides is 1. The Morgan fingerprint density at radius 2 is 2.09 bits per heavy atom. The fourth-order valence-corrected chi connectivity index (χ4v) is 2.26. The summed E-state index contributed by atoms with van der Waals surface area (Å²) in [7, 11) is 0. The van der Waals surface area contributed by atoms with E-state index in [1.165, 1.54) is 12.1 Å². The summed E-state index contributed by atoms with van der Waals surface area (Å²) in [6.45, 7) is 2.63. The van der Waals surface area contributed by atoms with Crippen molar-refractivity contribution in [2.75, 3.05) is 11.9 Å². The summed E-state index contributed by atoms with van der Waals surface area (Å²) >= 11 is 3.35. The summed E-state index contributed by atoms with van der Waals surface area (Å²) < 4.78 is 19.6. The maximum atomic E-state index is 13.2. The number of hydrogen-bond donors (Lipinski definition) is 1. The monoisotopic (exact) mass is 365 g/mol. The van der Waals surface area contributed by atoms with Crippen molar-refractivity contribution >= 4 is 27.5 Å². The summed E-state index contributed by atoms with van der Waals surface area (Å²) in [6.07, 6.45) is 1.93. The molecule has 0 aliphatic rings. The minimum atomic E-state index is -0.397. The van der Waals surface area contributed by atoms with Gasteiger partial charge in [0.2, 0.25) is 0 Å². The molecule has 0 saturated carbocycles. The second-order valence-electron chi connectivity index (χ2n) is 4.81. The molecule has 0 aliphatic heterocycles. The number of carbonyl (C=O) groups excluding carboxylic acids is 1. The number of rotatable bonds is 6. The molecule has 0 radical (unpaired) electrons. The second kappa shape index (κ2) is 7.94. The fraction of sp³-hybridized carbons (Fsp3) is 0.235. The van der Waals surface area contributed by atoms with Crippen LogP contribution in [-0.4, -0.2) is 12.5 Å². The molecule has 1 amide bonds. The molecule has 2 aromatic rings. The summed E-state index contributed by atoms with van der Waals surface area (Å²) in [5, 5.41) is 2.68. The molecule has 0 saturated heterocycles. The van der Waals surface area contributed by atoms with Gasteiger partial charge in [-0.25, -0.2) is 4.39 Å². The molecule has 5 heteroatoms. The maximum Gasteiger partial charge on any atom is 0.259 e. The Balaban J connectivity index is 2.18. The van der Waals surface area contributed by atoms with Gasteiger partial charge in [0.15, 0.2) is 0 Å². The standard InChI is InChI=1S/C17H17BrFNO2/c1-2-3-9-22-16-8-7-12(18)10-15(16)17(21)20-14-6-4-5-13(19)11-14/h4-8,10-11H,2-3,9H2,1H3,(H,20,21). The zero-order chi connectivity index (χ0) is 15.9. The van der Waals surface area contributed by atoms with E-state index in [4.69, 9.17) is 4.74 Å². The molecule has 2 rings (SSSR count). The Morgan fingerprint density at radius 1 is 1.27 bits per heavy atom. The van der Waals surface area contributed by atoms with Gasteiger partial charge in [0.25, 0.3) is 5.91 Å². The van der Waals surface area contributed by atoms with E-state index in [-0.39, 0.29) is 5.91 Å². The van der Waals surface area contributed by atoms with Crippen molar-refractivity contribution in [2.45, 2.75) is 19.8 Å². The lowest BCUT2D eigenvalue weighted by molar-refractivity contribution is 0.102. The zero-order valence-electron chi connectivity index (χ0n) is 12.2. The Bertz CT molecular complexity index is 661. The Kier molecular flexibility index (Phi) is 5.95. The van der Waals surface area contributed by atoms with Gasteiger partial charge in [-0.2, -0.15) is 0 Å². The van der Waals surface area contributed by atoms with Crippen molar-refractivity contribution < 1.29 is 13.9 Å². The Morgan fingerprint density at radius 3 is 2.82 bits per heavy atom. The van der Waals surface area contributed by atoms with E-state index in [1.54, 1.807) is 24.3 Å². The van der Waals surface area contributed by atoms with Crippen molar-refractivity contribution in [1.29, 1.82) is 0 Å². The van der Waals surface area contributed by atoms with Gasteiger partial charge in [-0.15, -0.1) is 0 Å². The van der Waals surface area contributed by atoms with Crippen LogP contribution in [-0.2, 0) is 0 Å². The third kappa shape index (κ3) is 4.56. The van der Waals surface area contributed by atoms with Gasteiger partial charge in [0.05, 0.1) is 12.2 Å². The SMILES string of the molecule is CCCCOc1ccc(Br)cc1C(=O)Nc1cccc(F)c1. The van der Waals surface area contributed by atoms with Gasteiger partial charge >= 0.3 is 0 Å². The predicted octanol–water partition coefficient (Wildman–Crippen LogP) is 5.02. The number of halogens is 2. The van der Waals surface area contributed by atoms with E-state index in [9.17, 15) is 9.18 Å². The van der Waals surface area contributed by atoms with E-state index >= 15 is 0 Å². The van der Waals surface area contributed by atoms with E-state index in [1.807, 2.05) is 6.07 Å². The molecule has 0 heterocycles. The normalized spacial score (nSPS) is 10.3. The van der Waals surface area contributed by atoms with Crippen molar-refractivity contribution in [2.24, 2.45) is 0 Å². The van der Waals surface area contributed by atoms with Gasteiger partial charge in [-0.05, 0) is 42.8 Å². The second-order valence-corrected chi connectivity index (χ2v) is 5.72. The van der Waals surface area contributed by atoms with Crippen molar-refractivity contribution in [3.05, 3.63) is 58.3 Å². The molecule has 0 unspecified atom stereocenters. The van der Waals surface area contributed by atoms with Crippen LogP contribution in [0.15, 0.2) is 46.9 Å². The quantitative estimate of drug-likeness (QED) is 0.729. The van der Waals surface area contributed by atoms with Crippen LogP contribution in [0.2, 0.25) is 0 Å². The number of nitrogens with one attached hydrogen (secondary N) is 1. The molecule has 0 aliphatic carbocycles. The topological polar surface area (TPSA) is 38.3 Å². The largest absolute Gasteiger partial charge is 0.493 e. The third-order valence-corrected chi connectivity index (χ3v) is 3.52. The Hall–Kier alpha value is -1.88. The maximum absolute atomic E-state index is 13.2. The van der Waals surface area contributed by atoms with Gasteiger partial charge in [0.1, 0.15) is 11.6 Å². The van der Waals surface area contributed by atoms with E-state index in [2.05, 4.69) is 28.2 Å². The van der Waals surface area contributed by atoms with Gasteiger partial charge in [-0.3, -0.25) is 4.79 Å². The van der Waals surface area contributed by atoms with Crippen LogP contribution in [0, 0.1) is 5.82 Å². The molecule has 3 nitrogen and oxygen atoms in total. The van der Waals surface area contributed by atoms with Crippen LogP contribution in [0.3, 0.4) is 0 Å².